The third-order valence-corrected chi connectivity index (χ3v) is 5.95. The molecule has 0 amide bonds. The van der Waals surface area contributed by atoms with Gasteiger partial charge in [0.15, 0.2) is 11.6 Å². The monoisotopic (exact) mass is 336 g/mol. The van der Waals surface area contributed by atoms with Crippen molar-refractivity contribution in [3.63, 3.8) is 0 Å². The number of ether oxygens (including phenoxy) is 1. The molecule has 116 valence electrons. The fraction of sp³-hybridized carbons (Fsp3) is 0.571. The highest BCUT2D eigenvalue weighted by atomic mass is 35.7. The first-order valence-corrected chi connectivity index (χ1v) is 9.22. The van der Waals surface area contributed by atoms with E-state index < -0.39 is 25.6 Å². The fourth-order valence-electron chi connectivity index (χ4n) is 3.59. The molecule has 3 unspecified atom stereocenters. The maximum absolute atomic E-state index is 13.8. The predicted octanol–water partition coefficient (Wildman–Crippen LogP) is 3.71. The molecule has 0 saturated heterocycles. The van der Waals surface area contributed by atoms with E-state index in [1.165, 1.54) is 19.3 Å². The van der Waals surface area contributed by atoms with Gasteiger partial charge in [-0.05, 0) is 49.1 Å². The van der Waals surface area contributed by atoms with Crippen LogP contribution >= 0.6 is 10.7 Å². The van der Waals surface area contributed by atoms with Crippen LogP contribution in [0.25, 0.3) is 0 Å². The van der Waals surface area contributed by atoms with Gasteiger partial charge in [0, 0.05) is 10.7 Å². The number of hydrogen-bond acceptors (Lipinski definition) is 3. The van der Waals surface area contributed by atoms with Gasteiger partial charge in [0.2, 0.25) is 5.82 Å². The standard InChI is InChI=1S/C14H15ClF2O3S/c15-21(18,19)12-4-3-11(13(16)14(12)17)20-7-10-6-8-1-2-9(10)5-8/h3-4,8-10H,1-2,5-7H2. The van der Waals surface area contributed by atoms with Gasteiger partial charge in [-0.2, -0.15) is 4.39 Å². The minimum Gasteiger partial charge on any atom is -0.490 e. The Bertz CT molecular complexity index is 662. The lowest BCUT2D eigenvalue weighted by Crippen LogP contribution is -2.19. The van der Waals surface area contributed by atoms with Crippen molar-refractivity contribution in [3.05, 3.63) is 23.8 Å². The number of benzene rings is 1. The highest BCUT2D eigenvalue weighted by molar-refractivity contribution is 8.13. The predicted molar refractivity (Wildman–Crippen MR) is 73.8 cm³/mol. The van der Waals surface area contributed by atoms with Crippen LogP contribution < -0.4 is 4.74 Å². The number of rotatable bonds is 4. The molecule has 0 aromatic heterocycles. The maximum atomic E-state index is 13.8. The molecule has 2 bridgehead atoms. The molecule has 0 N–H and O–H groups in total. The van der Waals surface area contributed by atoms with E-state index in [4.69, 9.17) is 15.4 Å². The Hall–Kier alpha value is -0.880. The van der Waals surface area contributed by atoms with Gasteiger partial charge in [-0.1, -0.05) is 6.42 Å². The molecule has 0 radical (unpaired) electrons. The maximum Gasteiger partial charge on any atom is 0.264 e. The van der Waals surface area contributed by atoms with Gasteiger partial charge in [-0.3, -0.25) is 0 Å². The van der Waals surface area contributed by atoms with E-state index in [9.17, 15) is 17.2 Å². The minimum atomic E-state index is -4.31. The van der Waals surface area contributed by atoms with Crippen molar-refractivity contribution in [1.82, 2.24) is 0 Å². The molecule has 2 aliphatic rings. The van der Waals surface area contributed by atoms with Crippen LogP contribution in [0.4, 0.5) is 8.78 Å². The zero-order chi connectivity index (χ0) is 15.2. The van der Waals surface area contributed by atoms with Crippen molar-refractivity contribution in [2.45, 2.75) is 30.6 Å². The van der Waals surface area contributed by atoms with Gasteiger partial charge < -0.3 is 4.74 Å². The summed E-state index contributed by atoms with van der Waals surface area (Å²) in [5, 5.41) is 0. The van der Waals surface area contributed by atoms with Gasteiger partial charge in [0.05, 0.1) is 6.61 Å². The van der Waals surface area contributed by atoms with Crippen LogP contribution in [0, 0.1) is 29.4 Å². The SMILES string of the molecule is O=S(=O)(Cl)c1ccc(OCC2CC3CCC2C3)c(F)c1F. The van der Waals surface area contributed by atoms with Crippen molar-refractivity contribution >= 4 is 19.7 Å². The van der Waals surface area contributed by atoms with E-state index in [2.05, 4.69) is 0 Å². The average Bonchev–Trinajstić information content (AvgIpc) is 3.01. The molecule has 0 aliphatic heterocycles. The highest BCUT2D eigenvalue weighted by Gasteiger charge is 2.39. The molecule has 1 aromatic rings. The Kier molecular flexibility index (Phi) is 3.86. The van der Waals surface area contributed by atoms with Crippen molar-refractivity contribution in [3.8, 4) is 5.75 Å². The van der Waals surface area contributed by atoms with E-state index in [1.807, 2.05) is 0 Å². The quantitative estimate of drug-likeness (QED) is 0.787. The zero-order valence-corrected chi connectivity index (χ0v) is 12.8. The van der Waals surface area contributed by atoms with Gasteiger partial charge in [0.1, 0.15) is 4.90 Å². The van der Waals surface area contributed by atoms with Crippen LogP contribution in [0.3, 0.4) is 0 Å². The Morgan fingerprint density at radius 2 is 1.95 bits per heavy atom. The van der Waals surface area contributed by atoms with Crippen molar-refractivity contribution in [2.75, 3.05) is 6.61 Å². The van der Waals surface area contributed by atoms with Crippen LogP contribution in [0.1, 0.15) is 25.7 Å². The van der Waals surface area contributed by atoms with Gasteiger partial charge >= 0.3 is 0 Å². The second-order valence-corrected chi connectivity index (χ2v) is 8.41. The van der Waals surface area contributed by atoms with E-state index in [0.717, 1.165) is 24.5 Å². The number of fused-ring (bicyclic) bond motifs is 2. The molecule has 3 rings (SSSR count). The lowest BCUT2D eigenvalue weighted by Gasteiger charge is -2.22. The fourth-order valence-corrected chi connectivity index (χ4v) is 4.48. The van der Waals surface area contributed by atoms with Crippen molar-refractivity contribution < 1.29 is 21.9 Å². The summed E-state index contributed by atoms with van der Waals surface area (Å²) in [6.45, 7) is 0.338. The second-order valence-electron chi connectivity index (χ2n) is 5.87. The van der Waals surface area contributed by atoms with Gasteiger partial charge in [-0.15, -0.1) is 0 Å². The molecule has 0 heterocycles. The van der Waals surface area contributed by atoms with Gasteiger partial charge in [-0.25, -0.2) is 12.8 Å². The molecular weight excluding hydrogens is 322 g/mol. The Balaban J connectivity index is 1.73. The summed E-state index contributed by atoms with van der Waals surface area (Å²) in [6.07, 6.45) is 4.71. The molecular formula is C14H15ClF2O3S. The van der Waals surface area contributed by atoms with Crippen LogP contribution in [-0.2, 0) is 9.05 Å². The minimum absolute atomic E-state index is 0.264. The van der Waals surface area contributed by atoms with E-state index in [-0.39, 0.29) is 5.75 Å². The van der Waals surface area contributed by atoms with E-state index in [0.29, 0.717) is 18.4 Å². The molecule has 3 nitrogen and oxygen atoms in total. The molecule has 21 heavy (non-hydrogen) atoms. The molecule has 2 saturated carbocycles. The summed E-state index contributed by atoms with van der Waals surface area (Å²) in [4.78, 5) is -0.867. The number of halogens is 3. The summed E-state index contributed by atoms with van der Waals surface area (Å²) in [5.41, 5.74) is 0. The molecule has 7 heteroatoms. The first kappa shape index (κ1) is 15.0. The first-order chi connectivity index (χ1) is 9.86. The molecule has 2 aliphatic carbocycles. The van der Waals surface area contributed by atoms with Crippen molar-refractivity contribution in [1.29, 1.82) is 0 Å². The third kappa shape index (κ3) is 2.88. The normalized spacial score (nSPS) is 28.0. The van der Waals surface area contributed by atoms with Gasteiger partial charge in [0.25, 0.3) is 9.05 Å². The summed E-state index contributed by atoms with van der Waals surface area (Å²) < 4.78 is 55.1. The van der Waals surface area contributed by atoms with Crippen LogP contribution in [0.15, 0.2) is 17.0 Å². The second kappa shape index (κ2) is 5.39. The smallest absolute Gasteiger partial charge is 0.264 e. The molecule has 2 fully saturated rings. The van der Waals surface area contributed by atoms with Crippen molar-refractivity contribution in [2.24, 2.45) is 17.8 Å². The first-order valence-electron chi connectivity index (χ1n) is 6.91. The van der Waals surface area contributed by atoms with Crippen LogP contribution in [0.5, 0.6) is 5.75 Å². The van der Waals surface area contributed by atoms with Crippen LogP contribution in [-0.4, -0.2) is 15.0 Å². The Morgan fingerprint density at radius 3 is 2.52 bits per heavy atom. The summed E-state index contributed by atoms with van der Waals surface area (Å²) in [6, 6.07) is 2.04. The van der Waals surface area contributed by atoms with Crippen LogP contribution in [0.2, 0.25) is 0 Å². The largest absolute Gasteiger partial charge is 0.490 e. The lowest BCUT2D eigenvalue weighted by atomic mass is 9.89. The summed E-state index contributed by atoms with van der Waals surface area (Å²) in [7, 11) is 0.728. The highest BCUT2D eigenvalue weighted by Crippen LogP contribution is 2.48. The molecule has 1 aromatic carbocycles. The zero-order valence-electron chi connectivity index (χ0n) is 11.2. The number of hydrogen-bond donors (Lipinski definition) is 0. The lowest BCUT2D eigenvalue weighted by molar-refractivity contribution is 0.187. The topological polar surface area (TPSA) is 43.4 Å². The summed E-state index contributed by atoms with van der Waals surface area (Å²) in [5.74, 6) is -1.32. The van der Waals surface area contributed by atoms with E-state index in [1.54, 1.807) is 0 Å². The molecule has 0 spiro atoms. The van der Waals surface area contributed by atoms with E-state index >= 15 is 0 Å². The Morgan fingerprint density at radius 1 is 1.19 bits per heavy atom. The Labute approximate surface area is 126 Å². The third-order valence-electron chi connectivity index (χ3n) is 4.61. The average molecular weight is 337 g/mol. The molecule has 3 atom stereocenters. The summed E-state index contributed by atoms with van der Waals surface area (Å²) >= 11 is 0.